The summed E-state index contributed by atoms with van der Waals surface area (Å²) in [6.07, 6.45) is 1.75. The standard InChI is InChI=1S/C15H19FO4/c1-20-9-6-7-12(13(16)8-9)14(17)10-4-2-3-5-11(10)15(18)19/h6-8,10-11,14,17H,2-5H2,1H3,(H,18,19). The van der Waals surface area contributed by atoms with Gasteiger partial charge in [-0.05, 0) is 25.0 Å². The van der Waals surface area contributed by atoms with Crippen LogP contribution in [0.4, 0.5) is 4.39 Å². The molecule has 0 saturated heterocycles. The first kappa shape index (κ1) is 14.8. The zero-order valence-electron chi connectivity index (χ0n) is 11.4. The van der Waals surface area contributed by atoms with Crippen LogP contribution < -0.4 is 4.74 Å². The molecule has 1 aliphatic rings. The van der Waals surface area contributed by atoms with Crippen LogP contribution >= 0.6 is 0 Å². The van der Waals surface area contributed by atoms with Crippen molar-refractivity contribution in [3.63, 3.8) is 0 Å². The van der Waals surface area contributed by atoms with Crippen LogP contribution in [0.1, 0.15) is 37.4 Å². The van der Waals surface area contributed by atoms with Gasteiger partial charge in [-0.25, -0.2) is 4.39 Å². The maximum absolute atomic E-state index is 14.0. The van der Waals surface area contributed by atoms with Gasteiger partial charge in [0.15, 0.2) is 0 Å². The van der Waals surface area contributed by atoms with Crippen LogP contribution in [0, 0.1) is 17.7 Å². The summed E-state index contributed by atoms with van der Waals surface area (Å²) in [4.78, 5) is 11.3. The largest absolute Gasteiger partial charge is 0.497 e. The molecule has 2 N–H and O–H groups in total. The molecule has 0 spiro atoms. The molecule has 0 radical (unpaired) electrons. The normalized spacial score (nSPS) is 24.1. The van der Waals surface area contributed by atoms with Gasteiger partial charge in [-0.2, -0.15) is 0 Å². The molecule has 5 heteroatoms. The zero-order chi connectivity index (χ0) is 14.7. The number of ether oxygens (including phenoxy) is 1. The minimum absolute atomic E-state index is 0.143. The minimum Gasteiger partial charge on any atom is -0.497 e. The van der Waals surface area contributed by atoms with E-state index in [2.05, 4.69) is 0 Å². The van der Waals surface area contributed by atoms with E-state index in [1.165, 1.54) is 19.2 Å². The number of methoxy groups -OCH3 is 1. The summed E-state index contributed by atoms with van der Waals surface area (Å²) < 4.78 is 18.9. The van der Waals surface area contributed by atoms with Gasteiger partial charge >= 0.3 is 5.97 Å². The molecule has 0 bridgehead atoms. The molecular formula is C15H19FO4. The Morgan fingerprint density at radius 1 is 1.40 bits per heavy atom. The number of carbonyl (C=O) groups is 1. The second-order valence-electron chi connectivity index (χ2n) is 5.23. The Labute approximate surface area is 117 Å². The predicted molar refractivity (Wildman–Crippen MR) is 71.0 cm³/mol. The maximum atomic E-state index is 14.0. The minimum atomic E-state index is -1.10. The zero-order valence-corrected chi connectivity index (χ0v) is 11.4. The van der Waals surface area contributed by atoms with Crippen LogP contribution in [0.25, 0.3) is 0 Å². The quantitative estimate of drug-likeness (QED) is 0.891. The Hall–Kier alpha value is -1.62. The molecule has 4 nitrogen and oxygen atoms in total. The fraction of sp³-hybridized carbons (Fsp3) is 0.533. The van der Waals surface area contributed by atoms with Gasteiger partial charge in [-0.15, -0.1) is 0 Å². The first-order valence-electron chi connectivity index (χ1n) is 6.79. The van der Waals surface area contributed by atoms with Crippen LogP contribution in [0.3, 0.4) is 0 Å². The fourth-order valence-corrected chi connectivity index (χ4v) is 2.95. The molecule has 2 rings (SSSR count). The smallest absolute Gasteiger partial charge is 0.306 e. The lowest BCUT2D eigenvalue weighted by Gasteiger charge is -2.32. The van der Waals surface area contributed by atoms with Gasteiger partial charge in [-0.1, -0.05) is 12.8 Å². The highest BCUT2D eigenvalue weighted by Crippen LogP contribution is 2.39. The highest BCUT2D eigenvalue weighted by Gasteiger charge is 2.37. The number of carboxylic acid groups (broad SMARTS) is 1. The number of halogens is 1. The molecule has 110 valence electrons. The van der Waals surface area contributed by atoms with E-state index in [0.29, 0.717) is 18.6 Å². The van der Waals surface area contributed by atoms with Crippen LogP contribution in [0.15, 0.2) is 18.2 Å². The number of aliphatic carboxylic acids is 1. The number of rotatable bonds is 4. The first-order chi connectivity index (χ1) is 9.54. The molecule has 20 heavy (non-hydrogen) atoms. The average molecular weight is 282 g/mol. The molecule has 1 aromatic rings. The summed E-state index contributed by atoms with van der Waals surface area (Å²) in [7, 11) is 1.44. The highest BCUT2D eigenvalue weighted by molar-refractivity contribution is 5.70. The Kier molecular flexibility index (Phi) is 4.60. The summed E-state index contributed by atoms with van der Waals surface area (Å²) in [5.41, 5.74) is 0.143. The van der Waals surface area contributed by atoms with E-state index in [-0.39, 0.29) is 5.56 Å². The molecule has 0 amide bonds. The van der Waals surface area contributed by atoms with Crippen LogP contribution in [0.5, 0.6) is 5.75 Å². The van der Waals surface area contributed by atoms with Crippen molar-refractivity contribution in [3.8, 4) is 5.75 Å². The second kappa shape index (κ2) is 6.22. The van der Waals surface area contributed by atoms with Crippen molar-refractivity contribution in [1.82, 2.24) is 0 Å². The van der Waals surface area contributed by atoms with E-state index in [1.54, 1.807) is 6.07 Å². The van der Waals surface area contributed by atoms with Gasteiger partial charge in [0.2, 0.25) is 0 Å². The summed E-state index contributed by atoms with van der Waals surface area (Å²) in [5, 5.41) is 19.6. The third-order valence-electron chi connectivity index (χ3n) is 4.07. The van der Waals surface area contributed by atoms with Gasteiger partial charge in [0, 0.05) is 17.5 Å². The topological polar surface area (TPSA) is 66.8 Å². The van der Waals surface area contributed by atoms with Crippen LogP contribution in [-0.4, -0.2) is 23.3 Å². The van der Waals surface area contributed by atoms with E-state index in [9.17, 15) is 19.4 Å². The lowest BCUT2D eigenvalue weighted by atomic mass is 9.74. The molecule has 3 unspecified atom stereocenters. The Morgan fingerprint density at radius 3 is 2.70 bits per heavy atom. The summed E-state index contributed by atoms with van der Waals surface area (Å²) in [6, 6.07) is 4.24. The van der Waals surface area contributed by atoms with Crippen molar-refractivity contribution in [2.24, 2.45) is 11.8 Å². The molecule has 0 aliphatic heterocycles. The maximum Gasteiger partial charge on any atom is 0.306 e. The monoisotopic (exact) mass is 282 g/mol. The summed E-state index contributed by atoms with van der Waals surface area (Å²) in [5.74, 6) is -2.16. The van der Waals surface area contributed by atoms with E-state index < -0.39 is 29.7 Å². The molecule has 0 aromatic heterocycles. The lowest BCUT2D eigenvalue weighted by molar-refractivity contribution is -0.147. The highest BCUT2D eigenvalue weighted by atomic mass is 19.1. The van der Waals surface area contributed by atoms with Gasteiger partial charge in [0.05, 0.1) is 19.1 Å². The van der Waals surface area contributed by atoms with E-state index in [4.69, 9.17) is 4.74 Å². The second-order valence-corrected chi connectivity index (χ2v) is 5.23. The Morgan fingerprint density at radius 2 is 2.10 bits per heavy atom. The Bertz CT molecular complexity index is 489. The fourth-order valence-electron chi connectivity index (χ4n) is 2.95. The third kappa shape index (κ3) is 2.93. The van der Waals surface area contributed by atoms with Gasteiger partial charge in [-0.3, -0.25) is 4.79 Å². The summed E-state index contributed by atoms with van der Waals surface area (Å²) in [6.45, 7) is 0. The lowest BCUT2D eigenvalue weighted by Crippen LogP contribution is -2.31. The molecule has 1 aromatic carbocycles. The van der Waals surface area contributed by atoms with Gasteiger partial charge in [0.1, 0.15) is 11.6 Å². The van der Waals surface area contributed by atoms with Crippen molar-refractivity contribution in [2.75, 3.05) is 7.11 Å². The third-order valence-corrected chi connectivity index (χ3v) is 4.07. The van der Waals surface area contributed by atoms with E-state index >= 15 is 0 Å². The number of aliphatic hydroxyl groups is 1. The van der Waals surface area contributed by atoms with Crippen molar-refractivity contribution >= 4 is 5.97 Å². The molecule has 1 aliphatic carbocycles. The molecular weight excluding hydrogens is 263 g/mol. The number of hydrogen-bond donors (Lipinski definition) is 2. The number of benzene rings is 1. The molecule has 1 saturated carbocycles. The van der Waals surface area contributed by atoms with E-state index in [0.717, 1.165) is 12.8 Å². The predicted octanol–water partition coefficient (Wildman–Crippen LogP) is 2.76. The van der Waals surface area contributed by atoms with Crippen molar-refractivity contribution in [3.05, 3.63) is 29.6 Å². The number of hydrogen-bond acceptors (Lipinski definition) is 3. The van der Waals surface area contributed by atoms with E-state index in [1.807, 2.05) is 0 Å². The molecule has 3 atom stereocenters. The van der Waals surface area contributed by atoms with Crippen LogP contribution in [-0.2, 0) is 4.79 Å². The molecule has 1 fully saturated rings. The summed E-state index contributed by atoms with van der Waals surface area (Å²) >= 11 is 0. The number of aliphatic hydroxyl groups excluding tert-OH is 1. The van der Waals surface area contributed by atoms with Crippen molar-refractivity contribution in [1.29, 1.82) is 0 Å². The Balaban J connectivity index is 2.24. The first-order valence-corrected chi connectivity index (χ1v) is 6.79. The van der Waals surface area contributed by atoms with Gasteiger partial charge in [0.25, 0.3) is 0 Å². The van der Waals surface area contributed by atoms with Crippen molar-refractivity contribution in [2.45, 2.75) is 31.8 Å². The van der Waals surface area contributed by atoms with Gasteiger partial charge < -0.3 is 14.9 Å². The van der Waals surface area contributed by atoms with Crippen molar-refractivity contribution < 1.29 is 24.1 Å². The average Bonchev–Trinajstić information content (AvgIpc) is 2.46. The molecule has 0 heterocycles. The SMILES string of the molecule is COc1ccc(C(O)C2CCCCC2C(=O)O)c(F)c1. The van der Waals surface area contributed by atoms with Crippen LogP contribution in [0.2, 0.25) is 0 Å². The number of carboxylic acids is 1.